The summed E-state index contributed by atoms with van der Waals surface area (Å²) in [4.78, 5) is 21.8. The van der Waals surface area contributed by atoms with Gasteiger partial charge in [-0.05, 0) is 49.6 Å². The summed E-state index contributed by atoms with van der Waals surface area (Å²) >= 11 is 0. The highest BCUT2D eigenvalue weighted by Gasteiger charge is 2.22. The highest BCUT2D eigenvalue weighted by atomic mass is 16.4. The first-order valence-electron chi connectivity index (χ1n) is 7.87. The van der Waals surface area contributed by atoms with E-state index in [1.54, 1.807) is 30.6 Å². The van der Waals surface area contributed by atoms with Gasteiger partial charge in [0.15, 0.2) is 0 Å². The molecule has 2 aromatic rings. The maximum Gasteiger partial charge on any atom is 0.335 e. The summed E-state index contributed by atoms with van der Waals surface area (Å²) in [6, 6.07) is 8.84. The van der Waals surface area contributed by atoms with Gasteiger partial charge in [0, 0.05) is 24.6 Å². The summed E-state index contributed by atoms with van der Waals surface area (Å²) in [5.41, 5.74) is 1.32. The van der Waals surface area contributed by atoms with Crippen LogP contribution in [0.1, 0.15) is 36.0 Å². The number of nitrogens with zero attached hydrogens (tertiary/aromatic N) is 3. The van der Waals surface area contributed by atoms with Crippen LogP contribution in [-0.2, 0) is 0 Å². The molecule has 0 unspecified atom stereocenters. The predicted octanol–water partition coefficient (Wildman–Crippen LogP) is 2.99. The largest absolute Gasteiger partial charge is 0.478 e. The molecule has 6 nitrogen and oxygen atoms in total. The van der Waals surface area contributed by atoms with Crippen LogP contribution in [0.2, 0.25) is 0 Å². The average molecular weight is 312 g/mol. The predicted molar refractivity (Wildman–Crippen MR) is 88.7 cm³/mol. The van der Waals surface area contributed by atoms with Crippen molar-refractivity contribution in [2.45, 2.75) is 31.8 Å². The molecule has 1 atom stereocenters. The van der Waals surface area contributed by atoms with Gasteiger partial charge in [0.1, 0.15) is 6.17 Å². The average Bonchev–Trinajstić information content (AvgIpc) is 2.81. The lowest BCUT2D eigenvalue weighted by Crippen LogP contribution is -2.41. The molecule has 3 rings (SSSR count). The molecule has 2 N–H and O–H groups in total. The molecular weight excluding hydrogens is 292 g/mol. The summed E-state index contributed by atoms with van der Waals surface area (Å²) in [5.74, 6) is -0.286. The van der Waals surface area contributed by atoms with Gasteiger partial charge in [-0.1, -0.05) is 6.42 Å². The Morgan fingerprint density at radius 3 is 2.57 bits per heavy atom. The van der Waals surface area contributed by atoms with Crippen molar-refractivity contribution in [3.63, 3.8) is 0 Å². The minimum absolute atomic E-state index is 0.107. The van der Waals surface area contributed by atoms with Crippen LogP contribution in [0.4, 0.5) is 11.6 Å². The number of carbonyl (C=O) groups is 1. The maximum atomic E-state index is 11.0. The van der Waals surface area contributed by atoms with E-state index in [0.717, 1.165) is 31.5 Å². The zero-order chi connectivity index (χ0) is 16.1. The normalized spacial score (nSPS) is 18.3. The molecule has 0 bridgehead atoms. The molecule has 6 heteroatoms. The maximum absolute atomic E-state index is 11.0. The minimum atomic E-state index is -0.903. The van der Waals surface area contributed by atoms with Crippen molar-refractivity contribution >= 4 is 17.6 Å². The lowest BCUT2D eigenvalue weighted by molar-refractivity contribution is 0.0697. The SMILES string of the molecule is O=C(O)c1ccc(N2CCCCC[C@H]2Nc2ncccn2)cc1. The van der Waals surface area contributed by atoms with Crippen LogP contribution >= 0.6 is 0 Å². The van der Waals surface area contributed by atoms with Gasteiger partial charge in [0.25, 0.3) is 0 Å². The van der Waals surface area contributed by atoms with Crippen molar-refractivity contribution < 1.29 is 9.90 Å². The van der Waals surface area contributed by atoms with E-state index in [1.807, 2.05) is 12.1 Å². The summed E-state index contributed by atoms with van der Waals surface area (Å²) in [6.45, 7) is 0.927. The van der Waals surface area contributed by atoms with Gasteiger partial charge in [0.2, 0.25) is 5.95 Å². The second-order valence-electron chi connectivity index (χ2n) is 5.63. The summed E-state index contributed by atoms with van der Waals surface area (Å²) in [6.07, 6.45) is 8.01. The van der Waals surface area contributed by atoms with E-state index in [9.17, 15) is 4.79 Å². The Morgan fingerprint density at radius 2 is 1.87 bits per heavy atom. The van der Waals surface area contributed by atoms with Crippen LogP contribution in [0, 0.1) is 0 Å². The molecule has 0 radical (unpaired) electrons. The van der Waals surface area contributed by atoms with Crippen molar-refractivity contribution in [3.8, 4) is 0 Å². The molecule has 2 heterocycles. The molecule has 1 aromatic heterocycles. The third-order valence-electron chi connectivity index (χ3n) is 4.06. The van der Waals surface area contributed by atoms with E-state index in [-0.39, 0.29) is 6.17 Å². The van der Waals surface area contributed by atoms with Gasteiger partial charge >= 0.3 is 5.97 Å². The quantitative estimate of drug-likeness (QED) is 0.903. The number of hydrogen-bond acceptors (Lipinski definition) is 5. The lowest BCUT2D eigenvalue weighted by Gasteiger charge is -2.32. The molecule has 23 heavy (non-hydrogen) atoms. The van der Waals surface area contributed by atoms with E-state index in [2.05, 4.69) is 20.2 Å². The standard InChI is InChI=1S/C17H20N4O2/c22-16(23)13-6-8-14(9-7-13)21-12-3-1-2-5-15(21)20-17-18-10-4-11-19-17/h4,6-11,15H,1-3,5,12H2,(H,22,23)(H,18,19,20)/t15-/m0/s1. The summed E-state index contributed by atoms with van der Waals surface area (Å²) in [5, 5.41) is 12.4. The van der Waals surface area contributed by atoms with Crippen molar-refractivity contribution in [1.82, 2.24) is 9.97 Å². The zero-order valence-electron chi connectivity index (χ0n) is 12.9. The van der Waals surface area contributed by atoms with Crippen molar-refractivity contribution in [2.24, 2.45) is 0 Å². The van der Waals surface area contributed by atoms with Gasteiger partial charge in [-0.3, -0.25) is 0 Å². The van der Waals surface area contributed by atoms with Crippen molar-refractivity contribution in [1.29, 1.82) is 0 Å². The number of carboxylic acids is 1. The smallest absolute Gasteiger partial charge is 0.335 e. The highest BCUT2D eigenvalue weighted by molar-refractivity contribution is 5.88. The van der Waals surface area contributed by atoms with E-state index in [0.29, 0.717) is 11.5 Å². The van der Waals surface area contributed by atoms with Gasteiger partial charge < -0.3 is 15.3 Å². The molecule has 1 aromatic carbocycles. The number of rotatable bonds is 4. The first kappa shape index (κ1) is 15.3. The topological polar surface area (TPSA) is 78.4 Å². The van der Waals surface area contributed by atoms with Crippen LogP contribution in [0.3, 0.4) is 0 Å². The lowest BCUT2D eigenvalue weighted by atomic mass is 10.1. The number of anilines is 2. The number of aromatic nitrogens is 2. The fraction of sp³-hybridized carbons (Fsp3) is 0.353. The third kappa shape index (κ3) is 3.77. The van der Waals surface area contributed by atoms with Gasteiger partial charge in [0.05, 0.1) is 5.56 Å². The number of carboxylic acid groups (broad SMARTS) is 1. The second kappa shape index (κ2) is 7.09. The number of aromatic carboxylic acids is 1. The monoisotopic (exact) mass is 312 g/mol. The Bertz CT molecular complexity index is 645. The molecule has 1 saturated heterocycles. The Hall–Kier alpha value is -2.63. The Morgan fingerprint density at radius 1 is 1.13 bits per heavy atom. The van der Waals surface area contributed by atoms with E-state index in [1.165, 1.54) is 6.42 Å². The van der Waals surface area contributed by atoms with Gasteiger partial charge in [-0.15, -0.1) is 0 Å². The van der Waals surface area contributed by atoms with E-state index in [4.69, 9.17) is 5.11 Å². The zero-order valence-corrected chi connectivity index (χ0v) is 12.9. The number of nitrogens with one attached hydrogen (secondary N) is 1. The Balaban J connectivity index is 1.82. The first-order valence-corrected chi connectivity index (χ1v) is 7.87. The first-order chi connectivity index (χ1) is 11.2. The second-order valence-corrected chi connectivity index (χ2v) is 5.63. The molecule has 1 aliphatic heterocycles. The van der Waals surface area contributed by atoms with Crippen LogP contribution in [0.15, 0.2) is 42.7 Å². The molecule has 0 saturated carbocycles. The molecule has 0 spiro atoms. The molecule has 120 valence electrons. The Labute approximate surface area is 135 Å². The highest BCUT2D eigenvalue weighted by Crippen LogP contribution is 2.25. The van der Waals surface area contributed by atoms with Crippen molar-refractivity contribution in [3.05, 3.63) is 48.3 Å². The van der Waals surface area contributed by atoms with E-state index < -0.39 is 5.97 Å². The van der Waals surface area contributed by atoms with Crippen molar-refractivity contribution in [2.75, 3.05) is 16.8 Å². The Kier molecular flexibility index (Phi) is 4.71. The van der Waals surface area contributed by atoms with Crippen LogP contribution < -0.4 is 10.2 Å². The molecule has 1 fully saturated rings. The van der Waals surface area contributed by atoms with E-state index >= 15 is 0 Å². The fourth-order valence-corrected chi connectivity index (χ4v) is 2.89. The molecule has 1 aliphatic rings. The number of hydrogen-bond donors (Lipinski definition) is 2. The van der Waals surface area contributed by atoms with Crippen LogP contribution in [-0.4, -0.2) is 33.8 Å². The van der Waals surface area contributed by atoms with Crippen LogP contribution in [0.5, 0.6) is 0 Å². The number of benzene rings is 1. The van der Waals surface area contributed by atoms with Gasteiger partial charge in [-0.2, -0.15) is 0 Å². The minimum Gasteiger partial charge on any atom is -0.478 e. The molecule has 0 aliphatic carbocycles. The summed E-state index contributed by atoms with van der Waals surface area (Å²) in [7, 11) is 0. The summed E-state index contributed by atoms with van der Waals surface area (Å²) < 4.78 is 0. The molecule has 0 amide bonds. The van der Waals surface area contributed by atoms with Crippen LogP contribution in [0.25, 0.3) is 0 Å². The third-order valence-corrected chi connectivity index (χ3v) is 4.06. The fourth-order valence-electron chi connectivity index (χ4n) is 2.89. The molecular formula is C17H20N4O2. The van der Waals surface area contributed by atoms with Gasteiger partial charge in [-0.25, -0.2) is 14.8 Å².